The molecule has 0 aliphatic heterocycles. The number of halogens is 2. The van der Waals surface area contributed by atoms with E-state index in [1.165, 1.54) is 6.07 Å². The number of sulfonamides is 1. The largest absolute Gasteiger partial charge is 0.250 e. The Bertz CT molecular complexity index is 461. The minimum Gasteiger partial charge on any atom is -0.206 e. The molecule has 15 heavy (non-hydrogen) atoms. The van der Waals surface area contributed by atoms with Crippen LogP contribution in [0.4, 0.5) is 0 Å². The highest BCUT2D eigenvalue weighted by Gasteiger charge is 2.18. The van der Waals surface area contributed by atoms with E-state index in [0.29, 0.717) is 8.81 Å². The number of rotatable bonds is 4. The first kappa shape index (κ1) is 13.2. The third kappa shape index (κ3) is 3.57. The average molecular weight is 331 g/mol. The minimum atomic E-state index is -3.46. The second-order valence-electron chi connectivity index (χ2n) is 2.97. The van der Waals surface area contributed by atoms with Crippen LogP contribution in [0, 0.1) is 0 Å². The van der Waals surface area contributed by atoms with E-state index in [4.69, 9.17) is 11.6 Å². The van der Waals surface area contributed by atoms with Gasteiger partial charge in [-0.05, 0) is 28.9 Å². The summed E-state index contributed by atoms with van der Waals surface area (Å²) in [4.78, 5) is 0. The molecular formula is C8H9BrClNO2S2. The maximum absolute atomic E-state index is 11.7. The first-order valence-corrected chi connectivity index (χ1v) is 7.39. The second-order valence-corrected chi connectivity index (χ2v) is 7.74. The SMILES string of the molecule is C=C(C)CNS(=O)(=O)c1cc(Cl)c(Br)s1. The lowest BCUT2D eigenvalue weighted by Crippen LogP contribution is -2.24. The predicted molar refractivity (Wildman–Crippen MR) is 67.0 cm³/mol. The Labute approximate surface area is 106 Å². The Morgan fingerprint density at radius 3 is 2.73 bits per heavy atom. The quantitative estimate of drug-likeness (QED) is 0.863. The number of hydrogen-bond acceptors (Lipinski definition) is 3. The van der Waals surface area contributed by atoms with E-state index >= 15 is 0 Å². The normalized spacial score (nSPS) is 11.7. The van der Waals surface area contributed by atoms with Crippen molar-refractivity contribution in [3.63, 3.8) is 0 Å². The molecule has 0 aliphatic rings. The van der Waals surface area contributed by atoms with Crippen LogP contribution in [0.2, 0.25) is 5.02 Å². The third-order valence-corrected chi connectivity index (χ3v) is 5.80. The molecule has 0 spiro atoms. The van der Waals surface area contributed by atoms with Gasteiger partial charge in [-0.15, -0.1) is 11.3 Å². The van der Waals surface area contributed by atoms with Gasteiger partial charge in [-0.1, -0.05) is 23.8 Å². The molecule has 1 heterocycles. The number of hydrogen-bond donors (Lipinski definition) is 1. The summed E-state index contributed by atoms with van der Waals surface area (Å²) >= 11 is 9.99. The predicted octanol–water partition coefficient (Wildman–Crippen LogP) is 3.02. The molecule has 0 aromatic carbocycles. The van der Waals surface area contributed by atoms with E-state index in [1.807, 2.05) is 0 Å². The van der Waals surface area contributed by atoms with Gasteiger partial charge in [-0.2, -0.15) is 0 Å². The Balaban J connectivity index is 2.91. The molecule has 0 fully saturated rings. The van der Waals surface area contributed by atoms with Crippen LogP contribution in [-0.4, -0.2) is 15.0 Å². The summed E-state index contributed by atoms with van der Waals surface area (Å²) in [5.41, 5.74) is 0.750. The smallest absolute Gasteiger partial charge is 0.206 e. The molecule has 0 saturated heterocycles. The summed E-state index contributed by atoms with van der Waals surface area (Å²) in [6.07, 6.45) is 0. The molecule has 3 nitrogen and oxygen atoms in total. The molecule has 0 unspecified atom stereocenters. The van der Waals surface area contributed by atoms with Crippen molar-refractivity contribution >= 4 is 48.9 Å². The lowest BCUT2D eigenvalue weighted by Gasteiger charge is -2.03. The summed E-state index contributed by atoms with van der Waals surface area (Å²) in [5, 5.41) is 0.399. The van der Waals surface area contributed by atoms with Crippen molar-refractivity contribution in [3.8, 4) is 0 Å². The van der Waals surface area contributed by atoms with E-state index in [1.54, 1.807) is 6.92 Å². The fourth-order valence-corrected chi connectivity index (χ4v) is 4.29. The van der Waals surface area contributed by atoms with Gasteiger partial charge in [-0.3, -0.25) is 0 Å². The average Bonchev–Trinajstić information content (AvgIpc) is 2.45. The van der Waals surface area contributed by atoms with Crippen molar-refractivity contribution in [1.82, 2.24) is 4.72 Å². The van der Waals surface area contributed by atoms with Crippen molar-refractivity contribution in [2.45, 2.75) is 11.1 Å². The molecule has 1 rings (SSSR count). The van der Waals surface area contributed by atoms with E-state index in [2.05, 4.69) is 27.2 Å². The van der Waals surface area contributed by atoms with Gasteiger partial charge in [0.25, 0.3) is 0 Å². The van der Waals surface area contributed by atoms with E-state index in [0.717, 1.165) is 16.9 Å². The van der Waals surface area contributed by atoms with E-state index < -0.39 is 10.0 Å². The highest BCUT2D eigenvalue weighted by molar-refractivity contribution is 9.11. The molecule has 1 N–H and O–H groups in total. The van der Waals surface area contributed by atoms with E-state index in [-0.39, 0.29) is 10.8 Å². The standard InChI is InChI=1S/C8H9BrClNO2S2/c1-5(2)4-11-15(12,13)7-3-6(10)8(9)14-7/h3,11H,1,4H2,2H3. The van der Waals surface area contributed by atoms with Gasteiger partial charge < -0.3 is 0 Å². The summed E-state index contributed by atoms with van der Waals surface area (Å²) in [5.74, 6) is 0. The Morgan fingerprint density at radius 1 is 1.73 bits per heavy atom. The minimum absolute atomic E-state index is 0.195. The van der Waals surface area contributed by atoms with Crippen LogP contribution in [0.3, 0.4) is 0 Å². The van der Waals surface area contributed by atoms with Crippen LogP contribution in [-0.2, 0) is 10.0 Å². The first-order chi connectivity index (χ1) is 6.83. The lowest BCUT2D eigenvalue weighted by molar-refractivity contribution is 0.587. The van der Waals surface area contributed by atoms with Crippen LogP contribution in [0.5, 0.6) is 0 Å². The van der Waals surface area contributed by atoms with Gasteiger partial charge >= 0.3 is 0 Å². The Kier molecular flexibility index (Phi) is 4.37. The van der Waals surface area contributed by atoms with Gasteiger partial charge in [0.15, 0.2) is 0 Å². The second kappa shape index (κ2) is 4.97. The van der Waals surface area contributed by atoms with Crippen molar-refractivity contribution in [2.24, 2.45) is 0 Å². The van der Waals surface area contributed by atoms with Gasteiger partial charge in [0.1, 0.15) is 4.21 Å². The highest BCUT2D eigenvalue weighted by atomic mass is 79.9. The fourth-order valence-electron chi connectivity index (χ4n) is 0.749. The van der Waals surface area contributed by atoms with Gasteiger partial charge in [-0.25, -0.2) is 13.1 Å². The van der Waals surface area contributed by atoms with Crippen LogP contribution in [0.1, 0.15) is 6.92 Å². The molecule has 0 aliphatic carbocycles. The number of thiophene rings is 1. The zero-order valence-electron chi connectivity index (χ0n) is 7.88. The molecule has 1 aromatic rings. The highest BCUT2D eigenvalue weighted by Crippen LogP contribution is 2.34. The van der Waals surface area contributed by atoms with Crippen molar-refractivity contribution < 1.29 is 8.42 Å². The molecule has 84 valence electrons. The Hall–Kier alpha value is 0.120. The lowest BCUT2D eigenvalue weighted by atomic mass is 10.4. The fraction of sp³-hybridized carbons (Fsp3) is 0.250. The van der Waals surface area contributed by atoms with Crippen molar-refractivity contribution in [2.75, 3.05) is 6.54 Å². The van der Waals surface area contributed by atoms with Crippen molar-refractivity contribution in [1.29, 1.82) is 0 Å². The van der Waals surface area contributed by atoms with E-state index in [9.17, 15) is 8.42 Å². The summed E-state index contributed by atoms with van der Waals surface area (Å²) < 4.78 is 26.6. The van der Waals surface area contributed by atoms with Crippen LogP contribution in [0.25, 0.3) is 0 Å². The van der Waals surface area contributed by atoms with Gasteiger partial charge in [0, 0.05) is 6.54 Å². The van der Waals surface area contributed by atoms with Crippen LogP contribution < -0.4 is 4.72 Å². The molecular weight excluding hydrogens is 322 g/mol. The topological polar surface area (TPSA) is 46.2 Å². The summed E-state index contributed by atoms with van der Waals surface area (Å²) in [6.45, 7) is 5.60. The zero-order valence-corrected chi connectivity index (χ0v) is 11.9. The van der Waals surface area contributed by atoms with Crippen LogP contribution >= 0.6 is 38.9 Å². The molecule has 1 aromatic heterocycles. The third-order valence-electron chi connectivity index (χ3n) is 1.45. The molecule has 0 saturated carbocycles. The molecule has 0 radical (unpaired) electrons. The maximum atomic E-state index is 11.7. The molecule has 0 bridgehead atoms. The first-order valence-electron chi connectivity index (χ1n) is 3.92. The van der Waals surface area contributed by atoms with Gasteiger partial charge in [0.2, 0.25) is 10.0 Å². The Morgan fingerprint density at radius 2 is 2.33 bits per heavy atom. The van der Waals surface area contributed by atoms with Crippen LogP contribution in [0.15, 0.2) is 26.2 Å². The zero-order chi connectivity index (χ0) is 11.6. The summed E-state index contributed by atoms with van der Waals surface area (Å²) in [7, 11) is -3.46. The maximum Gasteiger partial charge on any atom is 0.250 e. The summed E-state index contributed by atoms with van der Waals surface area (Å²) in [6, 6.07) is 1.41. The molecule has 7 heteroatoms. The monoisotopic (exact) mass is 329 g/mol. The number of nitrogens with one attached hydrogen (secondary N) is 1. The molecule has 0 atom stereocenters. The van der Waals surface area contributed by atoms with Gasteiger partial charge in [0.05, 0.1) is 8.81 Å². The van der Waals surface area contributed by atoms with Crippen molar-refractivity contribution in [3.05, 3.63) is 27.0 Å². The molecule has 0 amide bonds.